The van der Waals surface area contributed by atoms with E-state index in [1.54, 1.807) is 6.33 Å². The first kappa shape index (κ1) is 16.2. The molecular weight excluding hydrogens is 300 g/mol. The van der Waals surface area contributed by atoms with E-state index in [1.807, 2.05) is 42.7 Å². The summed E-state index contributed by atoms with van der Waals surface area (Å²) in [6, 6.07) is 7.75. The van der Waals surface area contributed by atoms with E-state index in [-0.39, 0.29) is 12.5 Å². The lowest BCUT2D eigenvalue weighted by Crippen LogP contribution is -2.26. The molecule has 0 aliphatic heterocycles. The lowest BCUT2D eigenvalue weighted by Gasteiger charge is -2.22. The number of benzene rings is 1. The van der Waals surface area contributed by atoms with E-state index in [9.17, 15) is 4.79 Å². The summed E-state index contributed by atoms with van der Waals surface area (Å²) in [6.07, 6.45) is 5.67. The highest BCUT2D eigenvalue weighted by Crippen LogP contribution is 2.26. The largest absolute Gasteiger partial charge is 0.321 e. The molecule has 1 aliphatic carbocycles. The number of hydrogen-bond donors (Lipinski definition) is 1. The molecule has 0 radical (unpaired) electrons. The maximum Gasteiger partial charge on any atom is 0.260 e. The van der Waals surface area contributed by atoms with Gasteiger partial charge in [0.25, 0.3) is 5.91 Å². The lowest BCUT2D eigenvalue weighted by atomic mass is 9.85. The average molecular weight is 322 g/mol. The third-order valence-electron chi connectivity index (χ3n) is 4.46. The van der Waals surface area contributed by atoms with Crippen LogP contribution in [0.3, 0.4) is 0 Å². The van der Waals surface area contributed by atoms with Crippen LogP contribution in [0.15, 0.2) is 59.5 Å². The number of nitrogens with one attached hydrogen (secondary N) is 1. The molecule has 24 heavy (non-hydrogen) atoms. The minimum atomic E-state index is -0.157. The fourth-order valence-corrected chi connectivity index (χ4v) is 2.88. The first-order valence-corrected chi connectivity index (χ1v) is 8.12. The second-order valence-corrected chi connectivity index (χ2v) is 6.32. The molecule has 0 unspecified atom stereocenters. The quantitative estimate of drug-likeness (QED) is 0.692. The number of hydrogen-bond acceptors (Lipinski definition) is 3. The molecule has 1 N–H and O–H groups in total. The summed E-state index contributed by atoms with van der Waals surface area (Å²) < 4.78 is 1.82. The highest BCUT2D eigenvalue weighted by molar-refractivity contribution is 6.01. The van der Waals surface area contributed by atoms with Crippen molar-refractivity contribution in [2.24, 2.45) is 11.0 Å². The molecule has 124 valence electrons. The maximum absolute atomic E-state index is 12.2. The van der Waals surface area contributed by atoms with Crippen LogP contribution in [0.2, 0.25) is 0 Å². The number of carbonyl (C=O) groups excluding carboxylic acids is 1. The van der Waals surface area contributed by atoms with E-state index in [0.29, 0.717) is 5.92 Å². The minimum absolute atomic E-state index is 0.157. The molecule has 1 aromatic carbocycles. The van der Waals surface area contributed by atoms with Gasteiger partial charge >= 0.3 is 0 Å². The second-order valence-electron chi connectivity index (χ2n) is 6.32. The standard InChI is InChI=1S/C19H22N4O/c1-13(2)15-9-8-14(3)17(10-15)21-22-19(24)11-23-12-20-16-6-4-5-7-18(16)23/h4-8,12,15H,1,9-11H2,2-3H3,(H,22,24)/b21-17-/t15-/m1/s1. The van der Waals surface area contributed by atoms with Crippen molar-refractivity contribution in [2.45, 2.75) is 33.2 Å². The minimum Gasteiger partial charge on any atom is -0.321 e. The van der Waals surface area contributed by atoms with Gasteiger partial charge < -0.3 is 4.57 Å². The Labute approximate surface area is 141 Å². The Morgan fingerprint density at radius 3 is 3.04 bits per heavy atom. The van der Waals surface area contributed by atoms with Gasteiger partial charge in [0.05, 0.1) is 23.1 Å². The van der Waals surface area contributed by atoms with Crippen molar-refractivity contribution in [3.63, 3.8) is 0 Å². The molecule has 0 bridgehead atoms. The van der Waals surface area contributed by atoms with Crippen molar-refractivity contribution in [3.8, 4) is 0 Å². The number of rotatable bonds is 4. The van der Waals surface area contributed by atoms with Gasteiger partial charge in [0.1, 0.15) is 6.54 Å². The van der Waals surface area contributed by atoms with Gasteiger partial charge in [-0.05, 0) is 50.3 Å². The molecular formula is C19H22N4O. The van der Waals surface area contributed by atoms with Crippen LogP contribution in [-0.4, -0.2) is 21.2 Å². The SMILES string of the molecule is C=C(C)[C@@H]1CC=C(C)/C(=N\NC(=O)Cn2cnc3ccccc32)C1. The van der Waals surface area contributed by atoms with Crippen LogP contribution in [0.1, 0.15) is 26.7 Å². The van der Waals surface area contributed by atoms with E-state index >= 15 is 0 Å². The molecule has 0 saturated heterocycles. The van der Waals surface area contributed by atoms with Gasteiger partial charge in [-0.25, -0.2) is 10.4 Å². The molecule has 1 aromatic heterocycles. The van der Waals surface area contributed by atoms with Crippen molar-refractivity contribution >= 4 is 22.7 Å². The number of carbonyl (C=O) groups is 1. The summed E-state index contributed by atoms with van der Waals surface area (Å²) in [5, 5.41) is 4.33. The highest BCUT2D eigenvalue weighted by Gasteiger charge is 2.18. The van der Waals surface area contributed by atoms with E-state index in [2.05, 4.69) is 28.2 Å². The summed E-state index contributed by atoms with van der Waals surface area (Å²) in [5.74, 6) is 0.248. The summed E-state index contributed by atoms with van der Waals surface area (Å²) >= 11 is 0. The highest BCUT2D eigenvalue weighted by atomic mass is 16.2. The van der Waals surface area contributed by atoms with Gasteiger partial charge in [0.15, 0.2) is 0 Å². The fourth-order valence-electron chi connectivity index (χ4n) is 2.88. The molecule has 1 atom stereocenters. The Hall–Kier alpha value is -2.69. The van der Waals surface area contributed by atoms with Crippen molar-refractivity contribution in [3.05, 3.63) is 54.4 Å². The van der Waals surface area contributed by atoms with Gasteiger partial charge in [-0.1, -0.05) is 30.4 Å². The van der Waals surface area contributed by atoms with Gasteiger partial charge in [-0.2, -0.15) is 5.10 Å². The van der Waals surface area contributed by atoms with E-state index in [1.165, 1.54) is 0 Å². The molecule has 3 rings (SSSR count). The van der Waals surface area contributed by atoms with Gasteiger partial charge in [-0.3, -0.25) is 4.79 Å². The predicted molar refractivity (Wildman–Crippen MR) is 96.6 cm³/mol. The smallest absolute Gasteiger partial charge is 0.260 e. The number of fused-ring (bicyclic) bond motifs is 1. The molecule has 1 amide bonds. The van der Waals surface area contributed by atoms with Crippen LogP contribution < -0.4 is 5.43 Å². The first-order valence-electron chi connectivity index (χ1n) is 8.12. The molecule has 0 fully saturated rings. The zero-order valence-corrected chi connectivity index (χ0v) is 14.1. The molecule has 5 heteroatoms. The number of para-hydroxylation sites is 2. The number of amides is 1. The van der Waals surface area contributed by atoms with E-state index in [4.69, 9.17) is 0 Å². The molecule has 2 aromatic rings. The fraction of sp³-hybridized carbons (Fsp3) is 0.316. The summed E-state index contributed by atoms with van der Waals surface area (Å²) in [4.78, 5) is 16.5. The topological polar surface area (TPSA) is 59.3 Å². The number of aromatic nitrogens is 2. The Morgan fingerprint density at radius 1 is 1.46 bits per heavy atom. The summed E-state index contributed by atoms with van der Waals surface area (Å²) in [5.41, 5.74) is 7.71. The van der Waals surface area contributed by atoms with Gasteiger partial charge in [-0.15, -0.1) is 0 Å². The zero-order valence-electron chi connectivity index (χ0n) is 14.1. The van der Waals surface area contributed by atoms with Crippen molar-refractivity contribution in [1.29, 1.82) is 0 Å². The van der Waals surface area contributed by atoms with Crippen LogP contribution in [0.5, 0.6) is 0 Å². The molecule has 1 heterocycles. The normalized spacial score (nSPS) is 19.3. The molecule has 1 aliphatic rings. The molecule has 0 saturated carbocycles. The predicted octanol–water partition coefficient (Wildman–Crippen LogP) is 3.44. The van der Waals surface area contributed by atoms with Crippen LogP contribution in [0, 0.1) is 5.92 Å². The Kier molecular flexibility index (Phi) is 4.60. The van der Waals surface area contributed by atoms with Crippen LogP contribution in [0.4, 0.5) is 0 Å². The van der Waals surface area contributed by atoms with E-state index < -0.39 is 0 Å². The first-order chi connectivity index (χ1) is 11.5. The maximum atomic E-state index is 12.2. The van der Waals surface area contributed by atoms with Crippen molar-refractivity contribution in [2.75, 3.05) is 0 Å². The monoisotopic (exact) mass is 322 g/mol. The third kappa shape index (κ3) is 3.45. The number of allylic oxidation sites excluding steroid dienone is 3. The summed E-state index contributed by atoms with van der Waals surface area (Å²) in [6.45, 7) is 8.30. The van der Waals surface area contributed by atoms with Crippen LogP contribution in [0.25, 0.3) is 11.0 Å². The molecule has 5 nitrogen and oxygen atoms in total. The number of hydrazone groups is 1. The third-order valence-corrected chi connectivity index (χ3v) is 4.46. The van der Waals surface area contributed by atoms with Gasteiger partial charge in [0, 0.05) is 0 Å². The zero-order chi connectivity index (χ0) is 17.1. The Balaban J connectivity index is 1.67. The van der Waals surface area contributed by atoms with Gasteiger partial charge in [0.2, 0.25) is 0 Å². The van der Waals surface area contributed by atoms with E-state index in [0.717, 1.165) is 40.7 Å². The number of imidazole rings is 1. The number of nitrogens with zero attached hydrogens (tertiary/aromatic N) is 3. The summed E-state index contributed by atoms with van der Waals surface area (Å²) in [7, 11) is 0. The Morgan fingerprint density at radius 2 is 2.25 bits per heavy atom. The average Bonchev–Trinajstić information content (AvgIpc) is 2.97. The lowest BCUT2D eigenvalue weighted by molar-refractivity contribution is -0.121. The van der Waals surface area contributed by atoms with Crippen molar-refractivity contribution in [1.82, 2.24) is 15.0 Å². The second kappa shape index (κ2) is 6.83. The van der Waals surface area contributed by atoms with Crippen LogP contribution in [-0.2, 0) is 11.3 Å². The molecule has 0 spiro atoms. The van der Waals surface area contributed by atoms with Crippen molar-refractivity contribution < 1.29 is 4.79 Å². The van der Waals surface area contributed by atoms with Crippen LogP contribution >= 0.6 is 0 Å². The Bertz CT molecular complexity index is 844.